The van der Waals surface area contributed by atoms with Gasteiger partial charge in [-0.2, -0.15) is 13.2 Å². The third-order valence-electron chi connectivity index (χ3n) is 4.82. The molecule has 0 saturated heterocycles. The van der Waals surface area contributed by atoms with Crippen LogP contribution in [0.2, 0.25) is 0 Å². The average molecular weight is 449 g/mol. The number of hydrogen-bond donors (Lipinski definition) is 2. The Hall–Kier alpha value is -2.75. The Kier molecular flexibility index (Phi) is 6.49. The molecule has 3 aromatic rings. The number of halogens is 3. The van der Waals surface area contributed by atoms with Crippen LogP contribution in [0, 0.1) is 6.92 Å². The predicted molar refractivity (Wildman–Crippen MR) is 112 cm³/mol. The molecular formula is C22H22F3N3O2S. The zero-order chi connectivity index (χ0) is 22.8. The van der Waals surface area contributed by atoms with Crippen molar-refractivity contribution in [2.45, 2.75) is 37.5 Å². The van der Waals surface area contributed by atoms with Gasteiger partial charge in [-0.05, 0) is 72.0 Å². The van der Waals surface area contributed by atoms with Crippen molar-refractivity contribution in [3.8, 4) is 11.1 Å². The van der Waals surface area contributed by atoms with E-state index in [9.17, 15) is 21.6 Å². The SMILES string of the molecule is Cc1cnccc1-c1cccc(CNS(=O)(=O)c2cc(C(C)N)cc(C(F)(F)F)c2)c1. The van der Waals surface area contributed by atoms with Crippen LogP contribution < -0.4 is 10.5 Å². The number of nitrogens with zero attached hydrogens (tertiary/aromatic N) is 1. The van der Waals surface area contributed by atoms with Crippen LogP contribution in [0.1, 0.15) is 35.2 Å². The Labute approximate surface area is 179 Å². The highest BCUT2D eigenvalue weighted by Gasteiger charge is 2.33. The highest BCUT2D eigenvalue weighted by Crippen LogP contribution is 2.33. The Morgan fingerprint density at radius 1 is 1.13 bits per heavy atom. The standard InChI is InChI=1S/C22H22F3N3O2S/c1-14-12-27-7-6-21(14)17-5-3-4-16(8-17)13-28-31(29,30)20-10-18(15(2)26)9-19(11-20)22(23,24)25/h3-12,15,28H,13,26H2,1-2H3. The van der Waals surface area contributed by atoms with Gasteiger partial charge in [0.05, 0.1) is 10.5 Å². The van der Waals surface area contributed by atoms with Gasteiger partial charge < -0.3 is 5.73 Å². The van der Waals surface area contributed by atoms with Crippen LogP contribution in [-0.4, -0.2) is 13.4 Å². The molecule has 0 amide bonds. The molecule has 3 rings (SSSR count). The Morgan fingerprint density at radius 3 is 2.52 bits per heavy atom. The summed E-state index contributed by atoms with van der Waals surface area (Å²) in [4.78, 5) is 3.58. The van der Waals surface area contributed by atoms with E-state index in [0.29, 0.717) is 11.6 Å². The van der Waals surface area contributed by atoms with Crippen LogP contribution in [0.5, 0.6) is 0 Å². The molecule has 0 aliphatic heterocycles. The molecule has 0 bridgehead atoms. The summed E-state index contributed by atoms with van der Waals surface area (Å²) in [6, 6.07) is 11.0. The van der Waals surface area contributed by atoms with E-state index in [2.05, 4.69) is 9.71 Å². The van der Waals surface area contributed by atoms with E-state index in [1.807, 2.05) is 25.1 Å². The summed E-state index contributed by atoms with van der Waals surface area (Å²) < 4.78 is 67.5. The number of sulfonamides is 1. The molecule has 9 heteroatoms. The summed E-state index contributed by atoms with van der Waals surface area (Å²) in [5.41, 5.74) is 8.20. The van der Waals surface area contributed by atoms with Gasteiger partial charge in [0.2, 0.25) is 10.0 Å². The van der Waals surface area contributed by atoms with E-state index in [0.717, 1.165) is 22.8 Å². The van der Waals surface area contributed by atoms with E-state index in [4.69, 9.17) is 5.73 Å². The van der Waals surface area contributed by atoms with E-state index >= 15 is 0 Å². The number of pyridine rings is 1. The Morgan fingerprint density at radius 2 is 1.87 bits per heavy atom. The van der Waals surface area contributed by atoms with Crippen molar-refractivity contribution in [1.29, 1.82) is 0 Å². The van der Waals surface area contributed by atoms with Crippen molar-refractivity contribution in [1.82, 2.24) is 9.71 Å². The number of nitrogens with two attached hydrogens (primary N) is 1. The van der Waals surface area contributed by atoms with Crippen molar-refractivity contribution >= 4 is 10.0 Å². The summed E-state index contributed by atoms with van der Waals surface area (Å²) in [5.74, 6) is 0. The number of rotatable bonds is 6. The summed E-state index contributed by atoms with van der Waals surface area (Å²) in [7, 11) is -4.20. The first kappa shape index (κ1) is 22.9. The van der Waals surface area contributed by atoms with Gasteiger partial charge in [0, 0.05) is 25.0 Å². The molecule has 31 heavy (non-hydrogen) atoms. The third kappa shape index (κ3) is 5.49. The second-order valence-electron chi connectivity index (χ2n) is 7.29. The van der Waals surface area contributed by atoms with Crippen LogP contribution in [0.25, 0.3) is 11.1 Å². The summed E-state index contributed by atoms with van der Waals surface area (Å²) in [6.45, 7) is 3.33. The van der Waals surface area contributed by atoms with Crippen molar-refractivity contribution in [2.24, 2.45) is 5.73 Å². The minimum absolute atomic E-state index is 0.0793. The van der Waals surface area contributed by atoms with Crippen LogP contribution in [0.4, 0.5) is 13.2 Å². The van der Waals surface area contributed by atoms with Gasteiger partial charge >= 0.3 is 6.18 Å². The maximum absolute atomic E-state index is 13.2. The van der Waals surface area contributed by atoms with Crippen molar-refractivity contribution in [2.75, 3.05) is 0 Å². The molecule has 1 aromatic heterocycles. The van der Waals surface area contributed by atoms with Gasteiger partial charge in [-0.25, -0.2) is 13.1 Å². The van der Waals surface area contributed by atoms with Gasteiger partial charge in [-0.15, -0.1) is 0 Å². The molecule has 3 N–H and O–H groups in total. The third-order valence-corrected chi connectivity index (χ3v) is 6.20. The number of alkyl halides is 3. The van der Waals surface area contributed by atoms with Gasteiger partial charge in [0.1, 0.15) is 0 Å². The maximum Gasteiger partial charge on any atom is 0.416 e. The van der Waals surface area contributed by atoms with Crippen molar-refractivity contribution in [3.05, 3.63) is 83.2 Å². The maximum atomic E-state index is 13.2. The molecule has 1 unspecified atom stereocenters. The lowest BCUT2D eigenvalue weighted by atomic mass is 10.0. The van der Waals surface area contributed by atoms with Crippen molar-refractivity contribution < 1.29 is 21.6 Å². The highest BCUT2D eigenvalue weighted by atomic mass is 32.2. The quantitative estimate of drug-likeness (QED) is 0.577. The molecular weight excluding hydrogens is 427 g/mol. The lowest BCUT2D eigenvalue weighted by Crippen LogP contribution is -2.24. The first-order valence-corrected chi connectivity index (χ1v) is 10.9. The second-order valence-corrected chi connectivity index (χ2v) is 9.06. The minimum atomic E-state index is -4.69. The fourth-order valence-electron chi connectivity index (χ4n) is 3.11. The monoisotopic (exact) mass is 449 g/mol. The lowest BCUT2D eigenvalue weighted by Gasteiger charge is -2.15. The number of aromatic nitrogens is 1. The molecule has 1 atom stereocenters. The zero-order valence-corrected chi connectivity index (χ0v) is 17.8. The lowest BCUT2D eigenvalue weighted by molar-refractivity contribution is -0.137. The van der Waals surface area contributed by atoms with E-state index < -0.39 is 32.7 Å². The normalized spacial score (nSPS) is 13.2. The highest BCUT2D eigenvalue weighted by molar-refractivity contribution is 7.89. The van der Waals surface area contributed by atoms with Gasteiger partial charge in [-0.3, -0.25) is 4.98 Å². The molecule has 0 radical (unpaired) electrons. The number of aryl methyl sites for hydroxylation is 1. The van der Waals surface area contributed by atoms with Gasteiger partial charge in [-0.1, -0.05) is 18.2 Å². The molecule has 5 nitrogen and oxygen atoms in total. The average Bonchev–Trinajstić information content (AvgIpc) is 2.72. The molecule has 0 fully saturated rings. The molecule has 0 spiro atoms. The smallest absolute Gasteiger partial charge is 0.324 e. The summed E-state index contributed by atoms with van der Waals surface area (Å²) in [6.07, 6.45) is -1.29. The predicted octanol–water partition coefficient (Wildman–Crippen LogP) is 4.57. The Balaban J connectivity index is 1.88. The van der Waals surface area contributed by atoms with Crippen LogP contribution >= 0.6 is 0 Å². The van der Waals surface area contributed by atoms with Crippen molar-refractivity contribution in [3.63, 3.8) is 0 Å². The Bertz CT molecular complexity index is 1190. The van der Waals surface area contributed by atoms with Crippen LogP contribution in [-0.2, 0) is 22.7 Å². The number of nitrogens with one attached hydrogen (secondary N) is 1. The van der Waals surface area contributed by atoms with Crippen LogP contribution in [0.3, 0.4) is 0 Å². The number of benzene rings is 2. The zero-order valence-electron chi connectivity index (χ0n) is 16.9. The first-order chi connectivity index (χ1) is 14.5. The second kappa shape index (κ2) is 8.78. The summed E-state index contributed by atoms with van der Waals surface area (Å²) >= 11 is 0. The molecule has 1 heterocycles. The molecule has 2 aromatic carbocycles. The summed E-state index contributed by atoms with van der Waals surface area (Å²) in [5, 5.41) is 0. The first-order valence-electron chi connectivity index (χ1n) is 9.45. The fraction of sp³-hybridized carbons (Fsp3) is 0.227. The fourth-order valence-corrected chi connectivity index (χ4v) is 4.21. The molecule has 164 valence electrons. The number of hydrogen-bond acceptors (Lipinski definition) is 4. The van der Waals surface area contributed by atoms with Gasteiger partial charge in [0.25, 0.3) is 0 Å². The van der Waals surface area contributed by atoms with Gasteiger partial charge in [0.15, 0.2) is 0 Å². The minimum Gasteiger partial charge on any atom is -0.324 e. The molecule has 0 saturated carbocycles. The largest absolute Gasteiger partial charge is 0.416 e. The van der Waals surface area contributed by atoms with Crippen LogP contribution in [0.15, 0.2) is 65.8 Å². The van der Waals surface area contributed by atoms with E-state index in [-0.39, 0.29) is 12.1 Å². The molecule has 0 aliphatic carbocycles. The van der Waals surface area contributed by atoms with E-state index in [1.165, 1.54) is 13.0 Å². The topological polar surface area (TPSA) is 85.1 Å². The molecule has 0 aliphatic rings. The van der Waals surface area contributed by atoms with E-state index in [1.54, 1.807) is 24.5 Å².